The molecule has 0 radical (unpaired) electrons. The monoisotopic (exact) mass is 446 g/mol. The van der Waals surface area contributed by atoms with Crippen LogP contribution in [0.15, 0.2) is 0 Å². The molecule has 0 saturated heterocycles. The van der Waals surface area contributed by atoms with E-state index in [4.69, 9.17) is 28.4 Å². The van der Waals surface area contributed by atoms with E-state index in [0.717, 1.165) is 6.42 Å². The third-order valence-electron chi connectivity index (χ3n) is 3.68. The Morgan fingerprint density at radius 2 is 1.03 bits per heavy atom. The van der Waals surface area contributed by atoms with Gasteiger partial charge in [0.2, 0.25) is 29.1 Å². The number of benzene rings is 1. The number of ether oxygens (including phenoxy) is 6. The van der Waals surface area contributed by atoms with Crippen LogP contribution in [0.5, 0.6) is 5.75 Å². The van der Waals surface area contributed by atoms with Crippen LogP contribution in [0.1, 0.15) is 13.3 Å². The number of methoxy groups -OCH3 is 1. The molecular formula is C19H27F5O6. The average Bonchev–Trinajstić information content (AvgIpc) is 2.75. The second-order valence-electron chi connectivity index (χ2n) is 5.98. The summed E-state index contributed by atoms with van der Waals surface area (Å²) in [5.74, 6) is -11.9. The molecule has 30 heavy (non-hydrogen) atoms. The summed E-state index contributed by atoms with van der Waals surface area (Å²) < 4.78 is 97.3. The van der Waals surface area contributed by atoms with Gasteiger partial charge in [0, 0.05) is 13.7 Å². The molecule has 1 aromatic rings. The van der Waals surface area contributed by atoms with Gasteiger partial charge in [0.1, 0.15) is 12.7 Å². The lowest BCUT2D eigenvalue weighted by atomic mass is 10.2. The van der Waals surface area contributed by atoms with Crippen molar-refractivity contribution >= 4 is 0 Å². The van der Waals surface area contributed by atoms with E-state index in [1.54, 1.807) is 0 Å². The number of rotatable bonds is 17. The topological polar surface area (TPSA) is 55.4 Å². The lowest BCUT2D eigenvalue weighted by Gasteiger charge is -2.17. The zero-order chi connectivity index (χ0) is 22.4. The molecule has 0 bridgehead atoms. The fourth-order valence-corrected chi connectivity index (χ4v) is 2.09. The van der Waals surface area contributed by atoms with Crippen LogP contribution in [0.4, 0.5) is 22.0 Å². The first-order valence-electron chi connectivity index (χ1n) is 9.41. The van der Waals surface area contributed by atoms with Crippen molar-refractivity contribution in [3.8, 4) is 5.75 Å². The maximum absolute atomic E-state index is 13.6. The Morgan fingerprint density at radius 1 is 0.600 bits per heavy atom. The molecule has 0 aromatic heterocycles. The average molecular weight is 446 g/mol. The van der Waals surface area contributed by atoms with Gasteiger partial charge in [-0.2, -0.15) is 8.78 Å². The van der Waals surface area contributed by atoms with Crippen LogP contribution in [0.25, 0.3) is 0 Å². The van der Waals surface area contributed by atoms with Gasteiger partial charge in [0.25, 0.3) is 0 Å². The van der Waals surface area contributed by atoms with Gasteiger partial charge in [0.05, 0.1) is 46.2 Å². The fourth-order valence-electron chi connectivity index (χ4n) is 2.09. The van der Waals surface area contributed by atoms with E-state index < -0.39 is 47.5 Å². The van der Waals surface area contributed by atoms with Crippen molar-refractivity contribution in [2.75, 3.05) is 66.6 Å². The molecule has 0 aliphatic heterocycles. The molecular weight excluding hydrogens is 419 g/mol. The van der Waals surface area contributed by atoms with Crippen LogP contribution in [0.2, 0.25) is 0 Å². The predicted octanol–water partition coefficient (Wildman–Crippen LogP) is 3.25. The van der Waals surface area contributed by atoms with Crippen molar-refractivity contribution < 1.29 is 50.4 Å². The summed E-state index contributed by atoms with van der Waals surface area (Å²) in [6, 6.07) is 0. The Labute approximate surface area is 172 Å². The Balaban J connectivity index is 2.20. The summed E-state index contributed by atoms with van der Waals surface area (Å²) in [6.07, 6.45) is 0.155. The zero-order valence-electron chi connectivity index (χ0n) is 17.0. The first-order chi connectivity index (χ1) is 14.4. The SMILES string of the molecule is CCCOCCOCCOCCOCC(COc1c(F)c(F)c(F)c(F)c1F)OC. The molecule has 0 spiro atoms. The third-order valence-corrected chi connectivity index (χ3v) is 3.68. The Hall–Kier alpha value is -1.53. The van der Waals surface area contributed by atoms with Gasteiger partial charge in [-0.1, -0.05) is 6.92 Å². The van der Waals surface area contributed by atoms with Gasteiger partial charge in [-0.3, -0.25) is 0 Å². The summed E-state index contributed by atoms with van der Waals surface area (Å²) in [5, 5.41) is 0. The van der Waals surface area contributed by atoms with Gasteiger partial charge in [-0.25, -0.2) is 13.2 Å². The van der Waals surface area contributed by atoms with Crippen molar-refractivity contribution in [3.05, 3.63) is 29.1 Å². The Bertz CT molecular complexity index is 591. The Kier molecular flexibility index (Phi) is 13.5. The summed E-state index contributed by atoms with van der Waals surface area (Å²) >= 11 is 0. The van der Waals surface area contributed by atoms with Gasteiger partial charge in [-0.05, 0) is 6.42 Å². The molecule has 11 heteroatoms. The maximum atomic E-state index is 13.6. The molecule has 0 N–H and O–H groups in total. The highest BCUT2D eigenvalue weighted by Crippen LogP contribution is 2.29. The van der Waals surface area contributed by atoms with Crippen LogP contribution in [-0.4, -0.2) is 72.7 Å². The van der Waals surface area contributed by atoms with Crippen molar-refractivity contribution in [1.82, 2.24) is 0 Å². The molecule has 0 aliphatic rings. The smallest absolute Gasteiger partial charge is 0.206 e. The normalized spacial score (nSPS) is 12.4. The minimum absolute atomic E-state index is 0.0411. The molecule has 174 valence electrons. The summed E-state index contributed by atoms with van der Waals surface area (Å²) in [6.45, 7) is 4.45. The summed E-state index contributed by atoms with van der Waals surface area (Å²) in [5.41, 5.74) is 0. The minimum Gasteiger partial charge on any atom is -0.485 e. The van der Waals surface area contributed by atoms with Gasteiger partial charge < -0.3 is 28.4 Å². The van der Waals surface area contributed by atoms with E-state index in [1.807, 2.05) is 6.92 Å². The Morgan fingerprint density at radius 3 is 1.50 bits per heavy atom. The van der Waals surface area contributed by atoms with E-state index >= 15 is 0 Å². The highest BCUT2D eigenvalue weighted by molar-refractivity contribution is 5.29. The van der Waals surface area contributed by atoms with E-state index in [-0.39, 0.29) is 19.8 Å². The minimum atomic E-state index is -2.25. The van der Waals surface area contributed by atoms with Gasteiger partial charge in [0.15, 0.2) is 5.75 Å². The first-order valence-corrected chi connectivity index (χ1v) is 9.41. The van der Waals surface area contributed by atoms with E-state index in [9.17, 15) is 22.0 Å². The lowest BCUT2D eigenvalue weighted by molar-refractivity contribution is -0.0378. The van der Waals surface area contributed by atoms with E-state index in [1.165, 1.54) is 7.11 Å². The molecule has 1 atom stereocenters. The molecule has 1 rings (SSSR count). The van der Waals surface area contributed by atoms with Crippen molar-refractivity contribution in [2.45, 2.75) is 19.4 Å². The molecule has 0 heterocycles. The number of hydrogen-bond acceptors (Lipinski definition) is 6. The molecule has 1 unspecified atom stereocenters. The van der Waals surface area contributed by atoms with Crippen LogP contribution < -0.4 is 4.74 Å². The van der Waals surface area contributed by atoms with Crippen LogP contribution >= 0.6 is 0 Å². The zero-order valence-corrected chi connectivity index (χ0v) is 17.0. The lowest BCUT2D eigenvalue weighted by Crippen LogP contribution is -2.27. The maximum Gasteiger partial charge on any atom is 0.206 e. The van der Waals surface area contributed by atoms with Gasteiger partial charge >= 0.3 is 0 Å². The third kappa shape index (κ3) is 9.09. The van der Waals surface area contributed by atoms with Crippen molar-refractivity contribution in [3.63, 3.8) is 0 Å². The highest BCUT2D eigenvalue weighted by atomic mass is 19.2. The summed E-state index contributed by atoms with van der Waals surface area (Å²) in [7, 11) is 1.29. The van der Waals surface area contributed by atoms with Crippen molar-refractivity contribution in [1.29, 1.82) is 0 Å². The fraction of sp³-hybridized carbons (Fsp3) is 0.684. The summed E-state index contributed by atoms with van der Waals surface area (Å²) in [4.78, 5) is 0. The second-order valence-corrected chi connectivity index (χ2v) is 5.98. The van der Waals surface area contributed by atoms with E-state index in [2.05, 4.69) is 0 Å². The van der Waals surface area contributed by atoms with E-state index in [0.29, 0.717) is 33.0 Å². The molecule has 0 aliphatic carbocycles. The van der Waals surface area contributed by atoms with Crippen LogP contribution in [0, 0.1) is 29.1 Å². The van der Waals surface area contributed by atoms with Crippen LogP contribution in [0.3, 0.4) is 0 Å². The molecule has 0 saturated carbocycles. The number of halogens is 5. The second kappa shape index (κ2) is 15.3. The quantitative estimate of drug-likeness (QED) is 0.159. The number of hydrogen-bond donors (Lipinski definition) is 0. The first kappa shape index (κ1) is 26.5. The van der Waals surface area contributed by atoms with Crippen molar-refractivity contribution in [2.24, 2.45) is 0 Å². The molecule has 6 nitrogen and oxygen atoms in total. The largest absolute Gasteiger partial charge is 0.485 e. The highest BCUT2D eigenvalue weighted by Gasteiger charge is 2.27. The van der Waals surface area contributed by atoms with Crippen LogP contribution in [-0.2, 0) is 23.7 Å². The molecule has 0 amide bonds. The molecule has 1 aromatic carbocycles. The molecule has 0 fully saturated rings. The van der Waals surface area contributed by atoms with Gasteiger partial charge in [-0.15, -0.1) is 0 Å². The standard InChI is InChI=1S/C19H27F5O6/c1-3-4-26-5-6-27-7-8-28-9-10-29-11-13(25-2)12-30-19-17(23)15(21)14(20)16(22)18(19)24/h13H,3-12H2,1-2H3. The predicted molar refractivity (Wildman–Crippen MR) is 96.1 cm³/mol.